The molecule has 1 aromatic heterocycles. The monoisotopic (exact) mass is 292 g/mol. The van der Waals surface area contributed by atoms with Gasteiger partial charge in [0.05, 0.1) is 6.21 Å². The van der Waals surface area contributed by atoms with Gasteiger partial charge in [-0.05, 0) is 30.7 Å². The predicted molar refractivity (Wildman–Crippen MR) is 87.2 cm³/mol. The summed E-state index contributed by atoms with van der Waals surface area (Å²) in [6.45, 7) is 3.71. The molecule has 0 saturated carbocycles. The third kappa shape index (κ3) is 8.64. The Balaban J connectivity index is 1.94. The summed E-state index contributed by atoms with van der Waals surface area (Å²) in [6.07, 6.45) is 12.4. The number of nitrogens with one attached hydrogen (secondary N) is 1. The van der Waals surface area contributed by atoms with Crippen molar-refractivity contribution in [2.75, 3.05) is 0 Å². The van der Waals surface area contributed by atoms with Crippen molar-refractivity contribution < 1.29 is 4.79 Å². The number of unbranched alkanes of at least 4 members (excludes halogenated alkanes) is 6. The highest BCUT2D eigenvalue weighted by Gasteiger charge is 1.99. The number of thiophene rings is 1. The summed E-state index contributed by atoms with van der Waals surface area (Å²) < 4.78 is 0. The van der Waals surface area contributed by atoms with E-state index in [9.17, 15) is 4.79 Å². The molecule has 0 atom stereocenters. The average molecular weight is 292 g/mol. The van der Waals surface area contributed by atoms with Crippen LogP contribution in [0.2, 0.25) is 0 Å². The molecule has 1 amide bonds. The fourth-order valence-corrected chi connectivity index (χ4v) is 2.45. The van der Waals surface area contributed by atoms with Crippen molar-refractivity contribution in [1.29, 1.82) is 0 Å². The van der Waals surface area contributed by atoms with E-state index in [0.29, 0.717) is 6.42 Å². The number of rotatable bonds is 11. The van der Waals surface area contributed by atoms with E-state index in [1.165, 1.54) is 25.7 Å². The zero-order valence-corrected chi connectivity index (χ0v) is 12.8. The molecule has 0 aliphatic rings. The van der Waals surface area contributed by atoms with Crippen LogP contribution in [0.5, 0.6) is 0 Å². The second-order valence-corrected chi connectivity index (χ2v) is 5.74. The van der Waals surface area contributed by atoms with Gasteiger partial charge in [-0.2, -0.15) is 5.10 Å². The molecule has 1 rings (SSSR count). The van der Waals surface area contributed by atoms with Gasteiger partial charge in [0.1, 0.15) is 0 Å². The van der Waals surface area contributed by atoms with Gasteiger partial charge < -0.3 is 0 Å². The summed E-state index contributed by atoms with van der Waals surface area (Å²) in [5, 5.41) is 5.92. The Hall–Kier alpha value is -1.42. The van der Waals surface area contributed by atoms with E-state index in [0.717, 1.165) is 24.1 Å². The lowest BCUT2D eigenvalue weighted by atomic mass is 10.1. The Kier molecular flexibility index (Phi) is 9.49. The van der Waals surface area contributed by atoms with Crippen LogP contribution in [0.25, 0.3) is 0 Å². The van der Waals surface area contributed by atoms with Crippen molar-refractivity contribution in [3.8, 4) is 0 Å². The highest BCUT2D eigenvalue weighted by atomic mass is 32.1. The van der Waals surface area contributed by atoms with Crippen LogP contribution < -0.4 is 5.43 Å². The molecular formula is C16H24N2OS. The number of carbonyl (C=O) groups is 1. The maximum atomic E-state index is 11.5. The average Bonchev–Trinajstić information content (AvgIpc) is 2.95. The molecule has 0 unspecified atom stereocenters. The normalized spacial score (nSPS) is 10.8. The summed E-state index contributed by atoms with van der Waals surface area (Å²) >= 11 is 1.60. The third-order valence-electron chi connectivity index (χ3n) is 2.99. The Morgan fingerprint density at radius 2 is 2.00 bits per heavy atom. The lowest BCUT2D eigenvalue weighted by Crippen LogP contribution is -2.16. The molecule has 0 fully saturated rings. The van der Waals surface area contributed by atoms with Crippen LogP contribution in [0.3, 0.4) is 0 Å². The first kappa shape index (κ1) is 16.6. The Morgan fingerprint density at radius 1 is 1.25 bits per heavy atom. The zero-order chi connectivity index (χ0) is 14.5. The molecule has 1 aromatic rings. The first-order chi connectivity index (χ1) is 9.83. The van der Waals surface area contributed by atoms with Crippen molar-refractivity contribution >= 4 is 23.5 Å². The summed E-state index contributed by atoms with van der Waals surface area (Å²) in [5.41, 5.74) is 2.57. The van der Waals surface area contributed by atoms with Gasteiger partial charge in [0.2, 0.25) is 5.91 Å². The van der Waals surface area contributed by atoms with Crippen molar-refractivity contribution in [3.63, 3.8) is 0 Å². The van der Waals surface area contributed by atoms with Crippen molar-refractivity contribution in [2.45, 2.75) is 51.4 Å². The fraction of sp³-hybridized carbons (Fsp3) is 0.500. The fourth-order valence-electron chi connectivity index (χ4n) is 1.87. The van der Waals surface area contributed by atoms with Crippen LogP contribution in [0.4, 0.5) is 0 Å². The topological polar surface area (TPSA) is 41.5 Å². The summed E-state index contributed by atoms with van der Waals surface area (Å²) in [5.74, 6) is 0.00413. The number of hydrogen-bond donors (Lipinski definition) is 1. The third-order valence-corrected chi connectivity index (χ3v) is 3.79. The minimum Gasteiger partial charge on any atom is -0.273 e. The molecule has 4 heteroatoms. The first-order valence-corrected chi connectivity index (χ1v) is 8.17. The van der Waals surface area contributed by atoms with Gasteiger partial charge in [-0.15, -0.1) is 17.9 Å². The van der Waals surface area contributed by atoms with Crippen LogP contribution in [-0.2, 0) is 4.79 Å². The summed E-state index contributed by atoms with van der Waals surface area (Å²) in [7, 11) is 0. The van der Waals surface area contributed by atoms with Gasteiger partial charge in [-0.3, -0.25) is 4.79 Å². The second kappa shape index (κ2) is 11.4. The molecule has 0 spiro atoms. The molecule has 0 bridgehead atoms. The molecule has 1 N–H and O–H groups in total. The lowest BCUT2D eigenvalue weighted by Gasteiger charge is -2.01. The maximum absolute atomic E-state index is 11.5. The second-order valence-electron chi connectivity index (χ2n) is 4.76. The summed E-state index contributed by atoms with van der Waals surface area (Å²) in [6, 6.07) is 3.93. The number of allylic oxidation sites excluding steroid dienone is 1. The van der Waals surface area contributed by atoms with E-state index in [4.69, 9.17) is 0 Å². The van der Waals surface area contributed by atoms with Crippen LogP contribution in [0.1, 0.15) is 56.2 Å². The number of amides is 1. The van der Waals surface area contributed by atoms with Crippen molar-refractivity contribution in [3.05, 3.63) is 35.0 Å². The molecule has 0 saturated heterocycles. The smallest absolute Gasteiger partial charge is 0.240 e. The predicted octanol–water partition coefficient (Wildman–Crippen LogP) is 4.51. The molecule has 0 aromatic carbocycles. The van der Waals surface area contributed by atoms with Gasteiger partial charge in [0, 0.05) is 11.3 Å². The number of hydrogen-bond acceptors (Lipinski definition) is 3. The van der Waals surface area contributed by atoms with E-state index in [2.05, 4.69) is 17.1 Å². The number of carbonyl (C=O) groups excluding carboxylic acids is 1. The molecule has 0 aliphatic heterocycles. The van der Waals surface area contributed by atoms with Gasteiger partial charge in [0.15, 0.2) is 0 Å². The van der Waals surface area contributed by atoms with E-state index >= 15 is 0 Å². The Morgan fingerprint density at radius 3 is 2.70 bits per heavy atom. The van der Waals surface area contributed by atoms with Gasteiger partial charge >= 0.3 is 0 Å². The van der Waals surface area contributed by atoms with Crippen LogP contribution in [0, 0.1) is 0 Å². The van der Waals surface area contributed by atoms with E-state index in [1.54, 1.807) is 17.6 Å². The quantitative estimate of drug-likeness (QED) is 0.277. The molecule has 1 heterocycles. The first-order valence-electron chi connectivity index (χ1n) is 7.29. The molecule has 0 aliphatic carbocycles. The van der Waals surface area contributed by atoms with Gasteiger partial charge in [-0.1, -0.05) is 37.8 Å². The van der Waals surface area contributed by atoms with E-state index < -0.39 is 0 Å². The van der Waals surface area contributed by atoms with E-state index in [1.807, 2.05) is 23.6 Å². The minimum absolute atomic E-state index is 0.00413. The van der Waals surface area contributed by atoms with Crippen LogP contribution >= 0.6 is 11.3 Å². The summed E-state index contributed by atoms with van der Waals surface area (Å²) in [4.78, 5) is 12.6. The van der Waals surface area contributed by atoms with Crippen molar-refractivity contribution in [2.24, 2.45) is 5.10 Å². The molecule has 3 nitrogen and oxygen atoms in total. The molecular weight excluding hydrogens is 268 g/mol. The van der Waals surface area contributed by atoms with E-state index in [-0.39, 0.29) is 5.91 Å². The number of hydrazone groups is 1. The van der Waals surface area contributed by atoms with Crippen LogP contribution in [-0.4, -0.2) is 12.1 Å². The van der Waals surface area contributed by atoms with Gasteiger partial charge in [0.25, 0.3) is 0 Å². The molecule has 20 heavy (non-hydrogen) atoms. The highest BCUT2D eigenvalue weighted by molar-refractivity contribution is 7.11. The minimum atomic E-state index is 0.00413. The zero-order valence-electron chi connectivity index (χ0n) is 12.0. The highest BCUT2D eigenvalue weighted by Crippen LogP contribution is 2.08. The Labute approximate surface area is 125 Å². The molecule has 0 radical (unpaired) electrons. The SMILES string of the molecule is C=CCCCCCCCCC(=O)N/N=C\c1cccs1. The molecule has 110 valence electrons. The standard InChI is InChI=1S/C16H24N2OS/c1-2-3-4-5-6-7-8-9-12-16(19)18-17-14-15-11-10-13-20-15/h2,10-11,13-14H,1,3-9,12H2,(H,18,19)/b17-14-. The lowest BCUT2D eigenvalue weighted by molar-refractivity contribution is -0.121. The number of nitrogens with zero attached hydrogens (tertiary/aromatic N) is 1. The van der Waals surface area contributed by atoms with Crippen LogP contribution in [0.15, 0.2) is 35.3 Å². The van der Waals surface area contributed by atoms with Gasteiger partial charge in [-0.25, -0.2) is 5.43 Å². The largest absolute Gasteiger partial charge is 0.273 e. The Bertz CT molecular complexity index is 399. The maximum Gasteiger partial charge on any atom is 0.240 e. The van der Waals surface area contributed by atoms with Crippen molar-refractivity contribution in [1.82, 2.24) is 5.43 Å².